The van der Waals surface area contributed by atoms with Gasteiger partial charge < -0.3 is 10.2 Å². The molecule has 0 radical (unpaired) electrons. The second kappa shape index (κ2) is 23.7. The molecule has 9 heavy (non-hydrogen) atoms. The first kappa shape index (κ1) is 16.2. The van der Waals surface area contributed by atoms with E-state index in [9.17, 15) is 0 Å². The second-order valence-corrected chi connectivity index (χ2v) is 1.39. The van der Waals surface area contributed by atoms with E-state index in [2.05, 4.69) is 6.92 Å². The fraction of sp³-hybridized carbons (Fsp3) is 1.00. The summed E-state index contributed by atoms with van der Waals surface area (Å²) >= 11 is 0. The van der Waals surface area contributed by atoms with E-state index in [-0.39, 0.29) is 24.0 Å². The zero-order chi connectivity index (χ0) is 6.83. The van der Waals surface area contributed by atoms with Crippen molar-refractivity contribution >= 4 is 17.4 Å². The molecule has 0 heterocycles. The lowest BCUT2D eigenvalue weighted by Crippen LogP contribution is -1.75. The zero-order valence-corrected chi connectivity index (χ0v) is 5.72. The van der Waals surface area contributed by atoms with E-state index in [1.807, 2.05) is 0 Å². The van der Waals surface area contributed by atoms with Crippen molar-refractivity contribution in [1.82, 2.24) is 0 Å². The van der Waals surface area contributed by atoms with Gasteiger partial charge in [0.1, 0.15) is 0 Å². The van der Waals surface area contributed by atoms with Gasteiger partial charge in [0.2, 0.25) is 0 Å². The summed E-state index contributed by atoms with van der Waals surface area (Å²) in [5.74, 6) is 0. The van der Waals surface area contributed by atoms with Crippen LogP contribution in [-0.4, -0.2) is 40.8 Å². The Kier molecular flexibility index (Phi) is 42.7. The molecule has 0 aliphatic carbocycles. The molecule has 0 aromatic rings. The maximum absolute atomic E-state index is 8.07. The summed E-state index contributed by atoms with van der Waals surface area (Å²) in [5.41, 5.74) is 0. The molecular weight excluding hydrogens is 131 g/mol. The van der Waals surface area contributed by atoms with Crippen LogP contribution in [0.25, 0.3) is 0 Å². The Morgan fingerprint density at radius 3 is 1.44 bits per heavy atom. The molecule has 0 unspecified atom stereocenters. The highest BCUT2D eigenvalue weighted by Gasteiger charge is 1.69. The number of aliphatic hydroxyl groups is 2. The van der Waals surface area contributed by atoms with E-state index in [1.54, 1.807) is 6.92 Å². The molecule has 2 nitrogen and oxygen atoms in total. The molecule has 0 fully saturated rings. The SMILES string of the molecule is CCCCO.CCO.[AlH3]. The molecule has 0 rings (SSSR count). The largest absolute Gasteiger partial charge is 0.397 e. The molecule has 58 valence electrons. The number of rotatable bonds is 2. The summed E-state index contributed by atoms with van der Waals surface area (Å²) in [4.78, 5) is 0. The van der Waals surface area contributed by atoms with Crippen molar-refractivity contribution in [3.8, 4) is 0 Å². The van der Waals surface area contributed by atoms with Crippen molar-refractivity contribution < 1.29 is 10.2 Å². The third-order valence-corrected chi connectivity index (χ3v) is 0.512. The van der Waals surface area contributed by atoms with Gasteiger partial charge in [0.05, 0.1) is 0 Å². The van der Waals surface area contributed by atoms with Gasteiger partial charge in [-0.25, -0.2) is 0 Å². The van der Waals surface area contributed by atoms with E-state index >= 15 is 0 Å². The van der Waals surface area contributed by atoms with Gasteiger partial charge >= 0.3 is 0 Å². The summed E-state index contributed by atoms with van der Waals surface area (Å²) in [6.07, 6.45) is 2.04. The van der Waals surface area contributed by atoms with E-state index in [0.29, 0.717) is 6.61 Å². The van der Waals surface area contributed by atoms with Crippen LogP contribution in [0.5, 0.6) is 0 Å². The van der Waals surface area contributed by atoms with E-state index in [1.165, 1.54) is 0 Å². The smallest absolute Gasteiger partial charge is 0.187 e. The average Bonchev–Trinajstić information content (AvgIpc) is 1.71. The van der Waals surface area contributed by atoms with Gasteiger partial charge in [-0.1, -0.05) is 13.3 Å². The fourth-order valence-corrected chi connectivity index (χ4v) is 0.158. The highest BCUT2D eigenvalue weighted by atomic mass is 27.0. The first-order chi connectivity index (χ1) is 3.83. The number of hydrogen-bond acceptors (Lipinski definition) is 2. The third-order valence-electron chi connectivity index (χ3n) is 0.512. The lowest BCUT2D eigenvalue weighted by Gasteiger charge is -1.79. The van der Waals surface area contributed by atoms with Crippen molar-refractivity contribution in [3.63, 3.8) is 0 Å². The van der Waals surface area contributed by atoms with Crippen LogP contribution in [0.1, 0.15) is 26.7 Å². The molecule has 0 spiro atoms. The van der Waals surface area contributed by atoms with Crippen LogP contribution in [0, 0.1) is 0 Å². The van der Waals surface area contributed by atoms with Gasteiger partial charge in [-0.2, -0.15) is 0 Å². The van der Waals surface area contributed by atoms with E-state index in [0.717, 1.165) is 12.8 Å². The first-order valence-corrected chi connectivity index (χ1v) is 3.05. The minimum Gasteiger partial charge on any atom is -0.397 e. The molecule has 0 amide bonds. The van der Waals surface area contributed by atoms with Crippen LogP contribution in [0.3, 0.4) is 0 Å². The van der Waals surface area contributed by atoms with Crippen LogP contribution in [0.15, 0.2) is 0 Å². The molecule has 0 aliphatic heterocycles. The summed E-state index contributed by atoms with van der Waals surface area (Å²) in [7, 11) is 0. The normalized spacial score (nSPS) is 6.67. The van der Waals surface area contributed by atoms with Crippen molar-refractivity contribution in [2.24, 2.45) is 0 Å². The number of hydrogen-bond donors (Lipinski definition) is 2. The summed E-state index contributed by atoms with van der Waals surface area (Å²) in [5, 5.41) is 15.6. The lowest BCUT2D eigenvalue weighted by atomic mass is 10.4. The topological polar surface area (TPSA) is 40.5 Å². The minimum absolute atomic E-state index is 0. The molecule has 0 saturated heterocycles. The molecular formula is C6H19AlO2. The Labute approximate surface area is 68.0 Å². The summed E-state index contributed by atoms with van der Waals surface area (Å²) in [6.45, 7) is 4.33. The number of unbranched alkanes of at least 4 members (excludes halogenated alkanes) is 1. The first-order valence-electron chi connectivity index (χ1n) is 3.05. The standard InChI is InChI=1S/C4H10O.C2H6O.Al.3H/c1-2-3-4-5;1-2-3;;;;/h5H,2-4H2,1H3;3H,2H2,1H3;;;;. The highest BCUT2D eigenvalue weighted by Crippen LogP contribution is 1.78. The predicted octanol–water partition coefficient (Wildman–Crippen LogP) is -0.407. The monoisotopic (exact) mass is 150 g/mol. The van der Waals surface area contributed by atoms with Gasteiger partial charge in [-0.15, -0.1) is 0 Å². The van der Waals surface area contributed by atoms with Gasteiger partial charge in [0.15, 0.2) is 17.4 Å². The van der Waals surface area contributed by atoms with Crippen LogP contribution in [0.4, 0.5) is 0 Å². The average molecular weight is 150 g/mol. The maximum atomic E-state index is 8.07. The summed E-state index contributed by atoms with van der Waals surface area (Å²) in [6, 6.07) is 0. The van der Waals surface area contributed by atoms with Crippen molar-refractivity contribution in [2.75, 3.05) is 13.2 Å². The molecule has 0 bridgehead atoms. The van der Waals surface area contributed by atoms with E-state index in [4.69, 9.17) is 10.2 Å². The molecule has 0 aromatic carbocycles. The van der Waals surface area contributed by atoms with E-state index < -0.39 is 0 Å². The molecule has 0 aromatic heterocycles. The zero-order valence-electron chi connectivity index (χ0n) is 5.72. The van der Waals surface area contributed by atoms with Gasteiger partial charge in [0.25, 0.3) is 0 Å². The van der Waals surface area contributed by atoms with Crippen LogP contribution < -0.4 is 0 Å². The Bertz CT molecular complexity index is 25.0. The Morgan fingerprint density at radius 1 is 1.11 bits per heavy atom. The lowest BCUT2D eigenvalue weighted by molar-refractivity contribution is 0.287. The maximum Gasteiger partial charge on any atom is 0.187 e. The molecule has 0 atom stereocenters. The minimum atomic E-state index is 0. The van der Waals surface area contributed by atoms with Crippen molar-refractivity contribution in [1.29, 1.82) is 0 Å². The van der Waals surface area contributed by atoms with Crippen LogP contribution in [-0.2, 0) is 0 Å². The Balaban J connectivity index is -0.0000000800. The Morgan fingerprint density at radius 2 is 1.44 bits per heavy atom. The van der Waals surface area contributed by atoms with Gasteiger partial charge in [-0.05, 0) is 13.3 Å². The second-order valence-electron chi connectivity index (χ2n) is 1.39. The van der Waals surface area contributed by atoms with Crippen molar-refractivity contribution in [2.45, 2.75) is 26.7 Å². The Hall–Kier alpha value is 0.452. The van der Waals surface area contributed by atoms with Crippen molar-refractivity contribution in [3.05, 3.63) is 0 Å². The quantitative estimate of drug-likeness (QED) is 0.525. The van der Waals surface area contributed by atoms with Crippen LogP contribution in [0.2, 0.25) is 0 Å². The predicted molar refractivity (Wildman–Crippen MR) is 44.7 cm³/mol. The van der Waals surface area contributed by atoms with Crippen LogP contribution >= 0.6 is 0 Å². The van der Waals surface area contributed by atoms with Gasteiger partial charge in [0, 0.05) is 13.2 Å². The molecule has 0 saturated carbocycles. The summed E-state index contributed by atoms with van der Waals surface area (Å²) < 4.78 is 0. The molecule has 3 heteroatoms. The fourth-order valence-electron chi connectivity index (χ4n) is 0.158. The van der Waals surface area contributed by atoms with Gasteiger partial charge in [-0.3, -0.25) is 0 Å². The third kappa shape index (κ3) is 58.5. The number of aliphatic hydroxyl groups excluding tert-OH is 2. The molecule has 2 N–H and O–H groups in total. The molecule has 0 aliphatic rings. The highest BCUT2D eigenvalue weighted by molar-refractivity contribution is 5.75.